The van der Waals surface area contributed by atoms with Crippen molar-refractivity contribution in [1.29, 1.82) is 0 Å². The van der Waals surface area contributed by atoms with Crippen LogP contribution in [0.1, 0.15) is 63.7 Å². The largest absolute Gasteiger partial charge is 0.481 e. The van der Waals surface area contributed by atoms with E-state index in [1.165, 1.54) is 0 Å². The van der Waals surface area contributed by atoms with Gasteiger partial charge in [-0.3, -0.25) is 4.79 Å². The lowest BCUT2D eigenvalue weighted by Crippen LogP contribution is -1.98. The van der Waals surface area contributed by atoms with Crippen molar-refractivity contribution in [3.8, 4) is 0 Å². The zero-order chi connectivity index (χ0) is 12.7. The molecule has 0 unspecified atom stereocenters. The first-order chi connectivity index (χ1) is 8.17. The van der Waals surface area contributed by atoms with Gasteiger partial charge in [-0.1, -0.05) is 26.7 Å². The highest BCUT2D eigenvalue weighted by Crippen LogP contribution is 2.25. The zero-order valence-electron chi connectivity index (χ0n) is 10.5. The molecule has 0 radical (unpaired) electrons. The van der Waals surface area contributed by atoms with Crippen molar-refractivity contribution in [2.75, 3.05) is 0 Å². The molecule has 0 saturated heterocycles. The number of carbonyl (C=O) groups is 1. The summed E-state index contributed by atoms with van der Waals surface area (Å²) in [5.74, 6) is 0.563. The normalized spacial score (nSPS) is 11.0. The molecule has 1 heterocycles. The molecule has 1 rings (SSSR count). The summed E-state index contributed by atoms with van der Waals surface area (Å²) in [7, 11) is 0. The fourth-order valence-corrected chi connectivity index (χ4v) is 1.83. The maximum atomic E-state index is 10.4. The molecule has 96 valence electrons. The van der Waals surface area contributed by atoms with Gasteiger partial charge in [-0.15, -0.1) is 10.2 Å². The minimum atomic E-state index is -0.844. The van der Waals surface area contributed by atoms with Gasteiger partial charge < -0.3 is 9.52 Å². The van der Waals surface area contributed by atoms with Crippen LogP contribution in [0.15, 0.2) is 4.42 Å². The third-order valence-corrected chi connectivity index (χ3v) is 2.66. The van der Waals surface area contributed by atoms with Gasteiger partial charge in [0.15, 0.2) is 0 Å². The zero-order valence-corrected chi connectivity index (χ0v) is 10.5. The summed E-state index contributed by atoms with van der Waals surface area (Å²) >= 11 is 0. The highest BCUT2D eigenvalue weighted by Gasteiger charge is 2.17. The van der Waals surface area contributed by atoms with Gasteiger partial charge in [0.1, 0.15) is 0 Å². The number of hydrogen-bond donors (Lipinski definition) is 1. The molecule has 0 aliphatic heterocycles. The molecule has 0 fully saturated rings. The SMILES string of the molecule is CCCC(CCC)c1nnc(CCC(=O)O)o1. The Morgan fingerprint density at radius 2 is 1.94 bits per heavy atom. The molecule has 0 spiro atoms. The third kappa shape index (κ3) is 4.54. The number of carboxylic acid groups (broad SMARTS) is 1. The number of carboxylic acids is 1. The monoisotopic (exact) mass is 240 g/mol. The maximum absolute atomic E-state index is 10.4. The Kier molecular flexibility index (Phi) is 5.66. The Bertz CT molecular complexity index is 343. The minimum Gasteiger partial charge on any atom is -0.481 e. The standard InChI is InChI=1S/C12H20N2O3/c1-3-5-9(6-4-2)12-14-13-10(17-12)7-8-11(15)16/h9H,3-8H2,1-2H3,(H,15,16). The summed E-state index contributed by atoms with van der Waals surface area (Å²) in [6, 6.07) is 0. The van der Waals surface area contributed by atoms with Crippen molar-refractivity contribution >= 4 is 5.97 Å². The average molecular weight is 240 g/mol. The summed E-state index contributed by atoms with van der Waals surface area (Å²) in [5, 5.41) is 16.5. The van der Waals surface area contributed by atoms with E-state index in [9.17, 15) is 4.79 Å². The van der Waals surface area contributed by atoms with Crippen molar-refractivity contribution in [2.24, 2.45) is 0 Å². The van der Waals surface area contributed by atoms with Crippen LogP contribution in [0.4, 0.5) is 0 Å². The van der Waals surface area contributed by atoms with Gasteiger partial charge in [0.2, 0.25) is 11.8 Å². The van der Waals surface area contributed by atoms with Gasteiger partial charge >= 0.3 is 5.97 Å². The van der Waals surface area contributed by atoms with Crippen LogP contribution < -0.4 is 0 Å². The van der Waals surface area contributed by atoms with Crippen LogP contribution in [0.25, 0.3) is 0 Å². The lowest BCUT2D eigenvalue weighted by molar-refractivity contribution is -0.137. The molecule has 0 saturated carbocycles. The van der Waals surface area contributed by atoms with E-state index in [1.54, 1.807) is 0 Å². The maximum Gasteiger partial charge on any atom is 0.303 e. The van der Waals surface area contributed by atoms with Gasteiger partial charge in [0.05, 0.1) is 6.42 Å². The van der Waals surface area contributed by atoms with Gasteiger partial charge in [-0.2, -0.15) is 0 Å². The molecule has 1 N–H and O–H groups in total. The smallest absolute Gasteiger partial charge is 0.303 e. The van der Waals surface area contributed by atoms with E-state index in [1.807, 2.05) is 0 Å². The Balaban J connectivity index is 2.60. The quantitative estimate of drug-likeness (QED) is 0.756. The van der Waals surface area contributed by atoms with E-state index in [0.717, 1.165) is 25.7 Å². The highest BCUT2D eigenvalue weighted by molar-refractivity contribution is 5.66. The number of aryl methyl sites for hydroxylation is 1. The summed E-state index contributed by atoms with van der Waals surface area (Å²) < 4.78 is 5.52. The molecule has 0 aliphatic carbocycles. The number of aliphatic carboxylic acids is 1. The molecule has 5 nitrogen and oxygen atoms in total. The van der Waals surface area contributed by atoms with Crippen molar-refractivity contribution in [3.05, 3.63) is 11.8 Å². The molecule has 0 aromatic carbocycles. The van der Waals surface area contributed by atoms with Crippen molar-refractivity contribution in [2.45, 2.75) is 58.3 Å². The van der Waals surface area contributed by atoms with Gasteiger partial charge in [0, 0.05) is 12.3 Å². The van der Waals surface area contributed by atoms with Gasteiger partial charge in [0.25, 0.3) is 0 Å². The molecule has 0 aliphatic rings. The number of aromatic nitrogens is 2. The molecule has 0 atom stereocenters. The fraction of sp³-hybridized carbons (Fsp3) is 0.750. The van der Waals surface area contributed by atoms with E-state index in [-0.39, 0.29) is 6.42 Å². The molecule has 1 aromatic rings. The predicted octanol–water partition coefficient (Wildman–Crippen LogP) is 2.77. The Morgan fingerprint density at radius 3 is 2.47 bits per heavy atom. The Morgan fingerprint density at radius 1 is 1.29 bits per heavy atom. The first-order valence-electron chi connectivity index (χ1n) is 6.21. The molecule has 1 aromatic heterocycles. The van der Waals surface area contributed by atoms with Gasteiger partial charge in [-0.05, 0) is 12.8 Å². The lowest BCUT2D eigenvalue weighted by Gasteiger charge is -2.09. The van der Waals surface area contributed by atoms with Crippen LogP contribution in [-0.4, -0.2) is 21.3 Å². The van der Waals surface area contributed by atoms with Crippen molar-refractivity contribution in [3.63, 3.8) is 0 Å². The third-order valence-electron chi connectivity index (χ3n) is 2.66. The van der Waals surface area contributed by atoms with E-state index in [4.69, 9.17) is 9.52 Å². The van der Waals surface area contributed by atoms with Crippen molar-refractivity contribution < 1.29 is 14.3 Å². The number of rotatable bonds is 8. The summed E-state index contributed by atoms with van der Waals surface area (Å²) in [4.78, 5) is 10.4. The first kappa shape index (κ1) is 13.7. The average Bonchev–Trinajstić information content (AvgIpc) is 2.74. The summed E-state index contributed by atoms with van der Waals surface area (Å²) in [6.07, 6.45) is 4.58. The van der Waals surface area contributed by atoms with Crippen LogP contribution in [0.3, 0.4) is 0 Å². The first-order valence-corrected chi connectivity index (χ1v) is 6.21. The van der Waals surface area contributed by atoms with E-state index >= 15 is 0 Å². The second-order valence-corrected chi connectivity index (χ2v) is 4.20. The van der Waals surface area contributed by atoms with E-state index in [0.29, 0.717) is 24.1 Å². The Hall–Kier alpha value is -1.39. The molecule has 0 bridgehead atoms. The highest BCUT2D eigenvalue weighted by atomic mass is 16.4. The minimum absolute atomic E-state index is 0.0356. The lowest BCUT2D eigenvalue weighted by atomic mass is 9.98. The number of nitrogens with zero attached hydrogens (tertiary/aromatic N) is 2. The van der Waals surface area contributed by atoms with Crippen LogP contribution in [0.2, 0.25) is 0 Å². The Labute approximate surface area is 101 Å². The molecular formula is C12H20N2O3. The predicted molar refractivity (Wildman–Crippen MR) is 62.8 cm³/mol. The van der Waals surface area contributed by atoms with Gasteiger partial charge in [-0.25, -0.2) is 0 Å². The molecule has 0 amide bonds. The molecule has 5 heteroatoms. The van der Waals surface area contributed by atoms with Crippen LogP contribution in [0.5, 0.6) is 0 Å². The van der Waals surface area contributed by atoms with E-state index in [2.05, 4.69) is 24.0 Å². The second kappa shape index (κ2) is 7.04. The summed E-state index contributed by atoms with van der Waals surface area (Å²) in [6.45, 7) is 4.26. The topological polar surface area (TPSA) is 76.2 Å². The molecule has 17 heavy (non-hydrogen) atoms. The van der Waals surface area contributed by atoms with E-state index < -0.39 is 5.97 Å². The fourth-order valence-electron chi connectivity index (χ4n) is 1.83. The van der Waals surface area contributed by atoms with Crippen LogP contribution in [0, 0.1) is 0 Å². The van der Waals surface area contributed by atoms with Crippen molar-refractivity contribution in [1.82, 2.24) is 10.2 Å². The summed E-state index contributed by atoms with van der Waals surface area (Å²) in [5.41, 5.74) is 0. The van der Waals surface area contributed by atoms with Crippen LogP contribution >= 0.6 is 0 Å². The molecular weight excluding hydrogens is 220 g/mol. The second-order valence-electron chi connectivity index (χ2n) is 4.20. The van der Waals surface area contributed by atoms with Crippen LogP contribution in [-0.2, 0) is 11.2 Å². The number of hydrogen-bond acceptors (Lipinski definition) is 4.